The molecule has 0 radical (unpaired) electrons. The molecular formula is C55H78F6O6. The highest BCUT2D eigenvalue weighted by Gasteiger charge is 2.34. The maximum Gasteiger partial charge on any atom is 0.347 e. The van der Waals surface area contributed by atoms with Crippen LogP contribution in [0.15, 0.2) is 18.2 Å². The largest absolute Gasteiger partial charge is 0.487 e. The monoisotopic (exact) mass is 949 g/mol. The van der Waals surface area contributed by atoms with Crippen molar-refractivity contribution in [2.24, 2.45) is 23.7 Å². The Morgan fingerprint density at radius 2 is 0.910 bits per heavy atom. The molecule has 0 amide bonds. The maximum atomic E-state index is 14.1. The predicted octanol–water partition coefficient (Wildman–Crippen LogP) is 15.0. The van der Waals surface area contributed by atoms with E-state index in [0.717, 1.165) is 99.5 Å². The van der Waals surface area contributed by atoms with Gasteiger partial charge in [-0.15, -0.1) is 0 Å². The van der Waals surface area contributed by atoms with Gasteiger partial charge in [-0.05, 0) is 199 Å². The fourth-order valence-corrected chi connectivity index (χ4v) is 10.7. The SMILES string of the molecule is Cc1cc2c(c(F)c1F)OC(C(=O)OC1CCC(C)CC1)CC2.Cc1cc2c(c(F)c1F)OC(CCC1CCC(C)CC1)CC2.Cc1cc2c(c(F)c1F)OC(COC1CCC(C)CC1)CC2.[HH].[HH].[HH]. The van der Waals surface area contributed by atoms with Crippen LogP contribution in [0.5, 0.6) is 17.2 Å². The standard InChI is InChI=1S/C19H26F2O.C18H22F2O3.C18H24F2O2.3H2/c1-12-3-5-14(6-4-12)7-9-16-10-8-15-11-13(2)17(20)18(21)19(15)22-16;1-10-3-6-13(7-4-10)22-18(21)14-8-5-12-9-11(2)15(19)16(20)17(12)23-14;1-11-3-6-14(7-4-11)21-10-15-8-5-13-9-12(2)16(19)17(20)18(13)22-15;;;/h11-12,14,16H,3-10H2,1-2H3;9-10,13-14H,3-8H2,1-2H3;9,11,14-15H,3-8,10H2,1-2H3;3*1H. The number of halogens is 6. The molecule has 67 heavy (non-hydrogen) atoms. The highest BCUT2D eigenvalue weighted by molar-refractivity contribution is 5.76. The molecule has 3 atom stereocenters. The number of fused-ring (bicyclic) bond motifs is 3. The van der Waals surface area contributed by atoms with Gasteiger partial charge >= 0.3 is 5.97 Å². The van der Waals surface area contributed by atoms with Crippen molar-refractivity contribution in [3.05, 3.63) is 86.5 Å². The van der Waals surface area contributed by atoms with Gasteiger partial charge in [0.15, 0.2) is 40.8 Å². The number of benzene rings is 3. The van der Waals surface area contributed by atoms with Crippen LogP contribution < -0.4 is 14.2 Å². The zero-order chi connectivity index (χ0) is 47.9. The molecule has 3 heterocycles. The number of carbonyl (C=O) groups is 1. The normalized spacial score (nSPS) is 27.7. The molecule has 3 fully saturated rings. The Balaban J connectivity index is 0.000000224. The molecule has 6 aliphatic rings. The Morgan fingerprint density at radius 1 is 0.507 bits per heavy atom. The van der Waals surface area contributed by atoms with E-state index in [-0.39, 0.29) is 45.4 Å². The summed E-state index contributed by atoms with van der Waals surface area (Å²) in [7, 11) is 0. The van der Waals surface area contributed by atoms with Crippen molar-refractivity contribution in [1.29, 1.82) is 0 Å². The van der Waals surface area contributed by atoms with E-state index in [1.165, 1.54) is 45.4 Å². The summed E-state index contributed by atoms with van der Waals surface area (Å²) < 4.78 is 112. The van der Waals surface area contributed by atoms with Crippen LogP contribution in [0.3, 0.4) is 0 Å². The molecule has 9 rings (SSSR count). The van der Waals surface area contributed by atoms with Gasteiger partial charge in [-0.2, -0.15) is 13.2 Å². The van der Waals surface area contributed by atoms with E-state index >= 15 is 0 Å². The van der Waals surface area contributed by atoms with Gasteiger partial charge in [0.1, 0.15) is 12.2 Å². The number of hydrogen-bond donors (Lipinski definition) is 0. The van der Waals surface area contributed by atoms with Crippen LogP contribution in [-0.2, 0) is 33.5 Å². The van der Waals surface area contributed by atoms with Crippen molar-refractivity contribution in [2.45, 2.75) is 200 Å². The van der Waals surface area contributed by atoms with E-state index in [1.807, 2.05) is 0 Å². The molecular weight excluding hydrogens is 871 g/mol. The number of ether oxygens (including phenoxy) is 5. The minimum atomic E-state index is -1.01. The lowest BCUT2D eigenvalue weighted by Crippen LogP contribution is -2.36. The van der Waals surface area contributed by atoms with Gasteiger partial charge in [0.25, 0.3) is 0 Å². The molecule has 0 bridgehead atoms. The molecule has 6 nitrogen and oxygen atoms in total. The molecule has 0 aromatic heterocycles. The van der Waals surface area contributed by atoms with Crippen LogP contribution in [0.2, 0.25) is 0 Å². The van der Waals surface area contributed by atoms with Crippen molar-refractivity contribution in [1.82, 2.24) is 0 Å². The third-order valence-corrected chi connectivity index (χ3v) is 15.3. The van der Waals surface area contributed by atoms with Crippen molar-refractivity contribution < 1.29 is 59.1 Å². The van der Waals surface area contributed by atoms with Gasteiger partial charge in [0.2, 0.25) is 17.5 Å². The molecule has 3 aromatic rings. The average molecular weight is 949 g/mol. The van der Waals surface area contributed by atoms with Crippen molar-refractivity contribution in [2.75, 3.05) is 6.61 Å². The molecule has 3 aliphatic carbocycles. The van der Waals surface area contributed by atoms with Crippen LogP contribution >= 0.6 is 0 Å². The van der Waals surface area contributed by atoms with Crippen LogP contribution in [0, 0.1) is 79.3 Å². The van der Waals surface area contributed by atoms with E-state index in [0.29, 0.717) is 54.6 Å². The maximum absolute atomic E-state index is 14.1. The van der Waals surface area contributed by atoms with Crippen molar-refractivity contribution >= 4 is 5.97 Å². The Kier molecular flexibility index (Phi) is 17.6. The summed E-state index contributed by atoms with van der Waals surface area (Å²) in [6.07, 6.45) is 19.2. The van der Waals surface area contributed by atoms with Gasteiger partial charge in [-0.1, -0.05) is 46.5 Å². The van der Waals surface area contributed by atoms with E-state index in [1.54, 1.807) is 32.0 Å². The summed E-state index contributed by atoms with van der Waals surface area (Å²) in [5.74, 6) is -2.38. The molecule has 0 spiro atoms. The lowest BCUT2D eigenvalue weighted by Gasteiger charge is -2.30. The first kappa shape index (κ1) is 50.9. The van der Waals surface area contributed by atoms with E-state index in [9.17, 15) is 31.1 Å². The van der Waals surface area contributed by atoms with Crippen molar-refractivity contribution in [3.8, 4) is 17.2 Å². The first-order chi connectivity index (χ1) is 32.0. The van der Waals surface area contributed by atoms with Crippen LogP contribution in [0.4, 0.5) is 26.3 Å². The smallest absolute Gasteiger partial charge is 0.347 e. The molecule has 3 unspecified atom stereocenters. The van der Waals surface area contributed by atoms with E-state index in [4.69, 9.17) is 23.7 Å². The molecule has 3 aromatic carbocycles. The third kappa shape index (κ3) is 13.0. The zero-order valence-electron chi connectivity index (χ0n) is 40.5. The van der Waals surface area contributed by atoms with Gasteiger partial charge in [0.05, 0.1) is 18.8 Å². The van der Waals surface area contributed by atoms with Gasteiger partial charge in [-0.25, -0.2) is 18.0 Å². The minimum absolute atomic E-state index is 0. The second-order valence-electron chi connectivity index (χ2n) is 20.9. The van der Waals surface area contributed by atoms with E-state index in [2.05, 4.69) is 20.8 Å². The van der Waals surface area contributed by atoms with Gasteiger partial charge < -0.3 is 23.7 Å². The topological polar surface area (TPSA) is 63.2 Å². The summed E-state index contributed by atoms with van der Waals surface area (Å²) in [5, 5.41) is 0. The summed E-state index contributed by atoms with van der Waals surface area (Å²) in [5.41, 5.74) is 3.15. The second kappa shape index (κ2) is 23.1. The lowest BCUT2D eigenvalue weighted by molar-refractivity contribution is -0.160. The fourth-order valence-electron chi connectivity index (χ4n) is 10.7. The summed E-state index contributed by atoms with van der Waals surface area (Å²) >= 11 is 0. The molecule has 0 N–H and O–H groups in total. The quantitative estimate of drug-likeness (QED) is 0.166. The Hall–Kier alpha value is -3.93. The molecule has 12 heteroatoms. The van der Waals surface area contributed by atoms with Gasteiger partial charge in [-0.3, -0.25) is 0 Å². The Labute approximate surface area is 398 Å². The summed E-state index contributed by atoms with van der Waals surface area (Å²) in [6, 6.07) is 5.00. The van der Waals surface area contributed by atoms with Gasteiger partial charge in [0, 0.05) is 4.28 Å². The van der Waals surface area contributed by atoms with Crippen molar-refractivity contribution in [3.63, 3.8) is 0 Å². The van der Waals surface area contributed by atoms with Crippen LogP contribution in [-0.4, -0.2) is 43.1 Å². The Bertz CT molecular complexity index is 2080. The highest BCUT2D eigenvalue weighted by Crippen LogP contribution is 2.39. The second-order valence-corrected chi connectivity index (χ2v) is 20.9. The molecule has 0 saturated heterocycles. The van der Waals surface area contributed by atoms with E-state index < -0.39 is 47.0 Å². The number of rotatable bonds is 8. The van der Waals surface area contributed by atoms with Crippen LogP contribution in [0.25, 0.3) is 0 Å². The first-order valence-corrected chi connectivity index (χ1v) is 25.3. The number of aryl methyl sites for hydroxylation is 6. The highest BCUT2D eigenvalue weighted by atomic mass is 19.2. The van der Waals surface area contributed by atoms with Crippen LogP contribution in [0.1, 0.15) is 168 Å². The summed E-state index contributed by atoms with van der Waals surface area (Å²) in [6.45, 7) is 12.0. The minimum Gasteiger partial charge on any atom is -0.487 e. The third-order valence-electron chi connectivity index (χ3n) is 15.3. The lowest BCUT2D eigenvalue weighted by atomic mass is 9.80. The fraction of sp³-hybridized carbons (Fsp3) is 0.655. The molecule has 3 saturated carbocycles. The first-order valence-electron chi connectivity index (χ1n) is 25.3. The molecule has 376 valence electrons. The molecule has 3 aliphatic heterocycles. The average Bonchev–Trinajstić information content (AvgIpc) is 3.33. The zero-order valence-corrected chi connectivity index (χ0v) is 40.5. The number of esters is 1. The summed E-state index contributed by atoms with van der Waals surface area (Å²) in [4.78, 5) is 12.3. The Morgan fingerprint density at radius 3 is 1.40 bits per heavy atom. The predicted molar refractivity (Wildman–Crippen MR) is 253 cm³/mol. The number of hydrogen-bond acceptors (Lipinski definition) is 6. The number of carbonyl (C=O) groups excluding carboxylic acids is 1.